The van der Waals surface area contributed by atoms with Gasteiger partial charge in [0.1, 0.15) is 0 Å². The first-order chi connectivity index (χ1) is 7.95. The smallest absolute Gasteiger partial charge is 0.214 e. The van der Waals surface area contributed by atoms with E-state index in [1.54, 1.807) is 4.31 Å². The zero-order valence-corrected chi connectivity index (χ0v) is 12.1. The van der Waals surface area contributed by atoms with Gasteiger partial charge in [-0.15, -0.1) is 0 Å². The third-order valence-electron chi connectivity index (χ3n) is 3.04. The fraction of sp³-hybridized carbons (Fsp3) is 1.00. The Morgan fingerprint density at radius 1 is 1.35 bits per heavy atom. The highest BCUT2D eigenvalue weighted by atomic mass is 32.2. The first kappa shape index (κ1) is 14.9. The van der Waals surface area contributed by atoms with Gasteiger partial charge in [0.25, 0.3) is 0 Å². The van der Waals surface area contributed by atoms with Crippen molar-refractivity contribution >= 4 is 10.0 Å². The molecule has 4 nitrogen and oxygen atoms in total. The Morgan fingerprint density at radius 3 is 2.47 bits per heavy atom. The molecule has 0 aromatic carbocycles. The van der Waals surface area contributed by atoms with Gasteiger partial charge in [-0.1, -0.05) is 20.8 Å². The SMILES string of the molecule is CCN(CC1CC1)S(=O)(=O)CCCNC(C)C. The molecule has 1 rings (SSSR count). The predicted octanol–water partition coefficient (Wildman–Crippen LogP) is 1.44. The quantitative estimate of drug-likeness (QED) is 0.640. The van der Waals surface area contributed by atoms with Crippen LogP contribution < -0.4 is 5.32 Å². The van der Waals surface area contributed by atoms with Crippen molar-refractivity contribution < 1.29 is 8.42 Å². The van der Waals surface area contributed by atoms with Crippen LogP contribution in [0.3, 0.4) is 0 Å². The van der Waals surface area contributed by atoms with Gasteiger partial charge < -0.3 is 5.32 Å². The lowest BCUT2D eigenvalue weighted by Crippen LogP contribution is -2.35. The summed E-state index contributed by atoms with van der Waals surface area (Å²) in [6, 6.07) is 0.423. The Kier molecular flexibility index (Phi) is 5.89. The van der Waals surface area contributed by atoms with Crippen molar-refractivity contribution in [3.8, 4) is 0 Å². The summed E-state index contributed by atoms with van der Waals surface area (Å²) in [5.74, 6) is 0.895. The Morgan fingerprint density at radius 2 is 2.00 bits per heavy atom. The van der Waals surface area contributed by atoms with E-state index in [4.69, 9.17) is 0 Å². The third-order valence-corrected chi connectivity index (χ3v) is 5.04. The Balaban J connectivity index is 2.31. The first-order valence-corrected chi connectivity index (χ1v) is 8.27. The second-order valence-corrected chi connectivity index (χ2v) is 7.26. The molecule has 0 unspecified atom stereocenters. The van der Waals surface area contributed by atoms with Gasteiger partial charge in [0.2, 0.25) is 10.0 Å². The van der Waals surface area contributed by atoms with Crippen LogP contribution >= 0.6 is 0 Å². The average molecular weight is 262 g/mol. The van der Waals surface area contributed by atoms with Gasteiger partial charge in [-0.25, -0.2) is 12.7 Å². The molecule has 0 atom stereocenters. The minimum atomic E-state index is -3.03. The van der Waals surface area contributed by atoms with Crippen LogP contribution in [0.2, 0.25) is 0 Å². The van der Waals surface area contributed by atoms with Gasteiger partial charge in [0.05, 0.1) is 5.75 Å². The van der Waals surface area contributed by atoms with Gasteiger partial charge in [0.15, 0.2) is 0 Å². The summed E-state index contributed by atoms with van der Waals surface area (Å²) in [4.78, 5) is 0. The number of hydrogen-bond acceptors (Lipinski definition) is 3. The van der Waals surface area contributed by atoms with Crippen LogP contribution in [-0.4, -0.2) is 44.2 Å². The van der Waals surface area contributed by atoms with Crippen LogP contribution in [0.1, 0.15) is 40.0 Å². The lowest BCUT2D eigenvalue weighted by Gasteiger charge is -2.20. The van der Waals surface area contributed by atoms with E-state index >= 15 is 0 Å². The topological polar surface area (TPSA) is 49.4 Å². The number of hydrogen-bond donors (Lipinski definition) is 1. The van der Waals surface area contributed by atoms with Gasteiger partial charge in [-0.2, -0.15) is 0 Å². The van der Waals surface area contributed by atoms with E-state index in [1.165, 1.54) is 12.8 Å². The van der Waals surface area contributed by atoms with Crippen LogP contribution in [0.15, 0.2) is 0 Å². The molecule has 1 saturated carbocycles. The summed E-state index contributed by atoms with van der Waals surface area (Å²) in [6.07, 6.45) is 3.09. The van der Waals surface area contributed by atoms with Crippen LogP contribution in [0.5, 0.6) is 0 Å². The second kappa shape index (κ2) is 6.71. The molecule has 1 aliphatic carbocycles. The highest BCUT2D eigenvalue weighted by Crippen LogP contribution is 2.30. The monoisotopic (exact) mass is 262 g/mol. The van der Waals surface area contributed by atoms with Crippen molar-refractivity contribution in [3.63, 3.8) is 0 Å². The molecular formula is C12H26N2O2S. The van der Waals surface area contributed by atoms with Gasteiger partial charge in [-0.05, 0) is 31.7 Å². The fourth-order valence-electron chi connectivity index (χ4n) is 1.80. The number of sulfonamides is 1. The summed E-state index contributed by atoms with van der Waals surface area (Å²) in [6.45, 7) is 8.18. The molecule has 0 amide bonds. The fourth-order valence-corrected chi connectivity index (χ4v) is 3.40. The molecule has 0 radical (unpaired) electrons. The van der Waals surface area contributed by atoms with Crippen molar-refractivity contribution in [1.82, 2.24) is 9.62 Å². The van der Waals surface area contributed by atoms with Crippen LogP contribution in [0.25, 0.3) is 0 Å². The largest absolute Gasteiger partial charge is 0.314 e. The molecule has 5 heteroatoms. The summed E-state index contributed by atoms with van der Waals surface area (Å²) < 4.78 is 25.8. The highest BCUT2D eigenvalue weighted by Gasteiger charge is 2.29. The number of nitrogens with one attached hydrogen (secondary N) is 1. The lowest BCUT2D eigenvalue weighted by molar-refractivity contribution is 0.410. The van der Waals surface area contributed by atoms with Crippen molar-refractivity contribution in [2.75, 3.05) is 25.4 Å². The van der Waals surface area contributed by atoms with Crippen molar-refractivity contribution in [2.45, 2.75) is 46.1 Å². The van der Waals surface area contributed by atoms with Crippen molar-refractivity contribution in [3.05, 3.63) is 0 Å². The van der Waals surface area contributed by atoms with E-state index in [1.807, 2.05) is 6.92 Å². The summed E-state index contributed by atoms with van der Waals surface area (Å²) in [5.41, 5.74) is 0. The third kappa shape index (κ3) is 5.84. The summed E-state index contributed by atoms with van der Waals surface area (Å²) in [7, 11) is -3.03. The van der Waals surface area contributed by atoms with Crippen molar-refractivity contribution in [2.24, 2.45) is 5.92 Å². The van der Waals surface area contributed by atoms with Gasteiger partial charge in [-0.3, -0.25) is 0 Å². The maximum Gasteiger partial charge on any atom is 0.214 e. The highest BCUT2D eigenvalue weighted by molar-refractivity contribution is 7.89. The maximum absolute atomic E-state index is 12.1. The van der Waals surface area contributed by atoms with Crippen molar-refractivity contribution in [1.29, 1.82) is 0 Å². The molecule has 1 aliphatic rings. The summed E-state index contributed by atoms with van der Waals surface area (Å²) >= 11 is 0. The molecule has 17 heavy (non-hydrogen) atoms. The van der Waals surface area contributed by atoms with E-state index in [0.29, 0.717) is 24.9 Å². The molecule has 1 N–H and O–H groups in total. The lowest BCUT2D eigenvalue weighted by atomic mass is 10.4. The van der Waals surface area contributed by atoms with E-state index in [0.717, 1.165) is 13.1 Å². The van der Waals surface area contributed by atoms with E-state index < -0.39 is 10.0 Å². The van der Waals surface area contributed by atoms with E-state index in [9.17, 15) is 8.42 Å². The second-order valence-electron chi connectivity index (χ2n) is 5.17. The molecule has 0 aromatic rings. The molecule has 0 bridgehead atoms. The van der Waals surface area contributed by atoms with Crippen LogP contribution in [0, 0.1) is 5.92 Å². The average Bonchev–Trinajstić information content (AvgIpc) is 3.04. The minimum Gasteiger partial charge on any atom is -0.314 e. The van der Waals surface area contributed by atoms with E-state index in [2.05, 4.69) is 19.2 Å². The van der Waals surface area contributed by atoms with Crippen LogP contribution in [0.4, 0.5) is 0 Å². The zero-order chi connectivity index (χ0) is 12.9. The Bertz CT molecular complexity index is 310. The molecule has 0 spiro atoms. The van der Waals surface area contributed by atoms with Crippen LogP contribution in [-0.2, 0) is 10.0 Å². The van der Waals surface area contributed by atoms with Gasteiger partial charge in [0, 0.05) is 19.1 Å². The maximum atomic E-state index is 12.1. The number of nitrogens with zero attached hydrogens (tertiary/aromatic N) is 1. The normalized spacial score (nSPS) is 17.0. The first-order valence-electron chi connectivity index (χ1n) is 6.67. The molecule has 0 heterocycles. The minimum absolute atomic E-state index is 0.271. The number of rotatable bonds is 9. The predicted molar refractivity (Wildman–Crippen MR) is 71.5 cm³/mol. The van der Waals surface area contributed by atoms with Gasteiger partial charge >= 0.3 is 0 Å². The molecule has 0 saturated heterocycles. The Hall–Kier alpha value is -0.130. The van der Waals surface area contributed by atoms with E-state index in [-0.39, 0.29) is 5.75 Å². The molecule has 0 aromatic heterocycles. The summed E-state index contributed by atoms with van der Waals surface area (Å²) in [5, 5.41) is 3.25. The standard InChI is InChI=1S/C12H26N2O2S/c1-4-14(10-12-6-7-12)17(15,16)9-5-8-13-11(2)3/h11-13H,4-10H2,1-3H3. The molecular weight excluding hydrogens is 236 g/mol. The molecule has 1 fully saturated rings. The zero-order valence-electron chi connectivity index (χ0n) is 11.3. The Labute approximate surface area is 106 Å². The molecule has 102 valence electrons. The molecule has 0 aliphatic heterocycles.